The van der Waals surface area contributed by atoms with Crippen LogP contribution >= 0.6 is 0 Å². The van der Waals surface area contributed by atoms with E-state index in [0.717, 1.165) is 18.8 Å². The fraction of sp³-hybridized carbons (Fsp3) is 0.588. The first-order valence-corrected chi connectivity index (χ1v) is 7.62. The minimum atomic E-state index is 0.0774. The van der Waals surface area contributed by atoms with E-state index in [1.165, 1.54) is 12.8 Å². The van der Waals surface area contributed by atoms with Gasteiger partial charge in [0.1, 0.15) is 5.75 Å². The Hall–Kier alpha value is -1.51. The third-order valence-corrected chi connectivity index (χ3v) is 4.27. The first kappa shape index (κ1) is 14.9. The minimum Gasteiger partial charge on any atom is -0.493 e. The van der Waals surface area contributed by atoms with Crippen molar-refractivity contribution in [3.8, 4) is 5.75 Å². The van der Waals surface area contributed by atoms with E-state index in [4.69, 9.17) is 4.74 Å². The molecular weight excluding hydrogens is 250 g/mol. The first-order valence-electron chi connectivity index (χ1n) is 7.62. The predicted molar refractivity (Wildman–Crippen MR) is 81.1 cm³/mol. The fourth-order valence-electron chi connectivity index (χ4n) is 2.91. The molecule has 0 saturated heterocycles. The van der Waals surface area contributed by atoms with Crippen molar-refractivity contribution in [1.29, 1.82) is 0 Å². The molecule has 0 atom stereocenters. The van der Waals surface area contributed by atoms with Crippen LogP contribution in [0.1, 0.15) is 49.9 Å². The topological polar surface area (TPSA) is 29.5 Å². The van der Waals surface area contributed by atoms with Gasteiger partial charge in [0.2, 0.25) is 0 Å². The highest BCUT2D eigenvalue weighted by molar-refractivity contribution is 5.97. The van der Waals surface area contributed by atoms with Gasteiger partial charge < -0.3 is 9.64 Å². The second-order valence-electron chi connectivity index (χ2n) is 5.76. The molecule has 0 spiro atoms. The van der Waals surface area contributed by atoms with Crippen molar-refractivity contribution in [2.45, 2.75) is 45.6 Å². The Kier molecular flexibility index (Phi) is 5.05. The molecule has 20 heavy (non-hydrogen) atoms. The normalized spacial score (nSPS) is 22.4. The number of amides is 1. The molecule has 3 heteroatoms. The van der Waals surface area contributed by atoms with Gasteiger partial charge >= 0.3 is 0 Å². The zero-order valence-corrected chi connectivity index (χ0v) is 12.8. The summed E-state index contributed by atoms with van der Waals surface area (Å²) in [6.07, 6.45) is 4.66. The van der Waals surface area contributed by atoms with E-state index in [1.807, 2.05) is 43.1 Å². The van der Waals surface area contributed by atoms with Crippen LogP contribution in [-0.4, -0.2) is 30.5 Å². The van der Waals surface area contributed by atoms with Crippen LogP contribution < -0.4 is 4.74 Å². The second-order valence-corrected chi connectivity index (χ2v) is 5.76. The molecule has 1 fully saturated rings. The van der Waals surface area contributed by atoms with Gasteiger partial charge in [-0.2, -0.15) is 0 Å². The first-order chi connectivity index (χ1) is 9.63. The number of benzene rings is 1. The van der Waals surface area contributed by atoms with E-state index in [2.05, 4.69) is 6.92 Å². The van der Waals surface area contributed by atoms with Crippen LogP contribution in [0, 0.1) is 5.92 Å². The lowest BCUT2D eigenvalue weighted by atomic mass is 9.86. The molecule has 1 aliphatic rings. The average molecular weight is 275 g/mol. The van der Waals surface area contributed by atoms with E-state index in [1.54, 1.807) is 0 Å². The molecule has 0 bridgehead atoms. The summed E-state index contributed by atoms with van der Waals surface area (Å²) in [6, 6.07) is 7.90. The largest absolute Gasteiger partial charge is 0.493 e. The number of rotatable bonds is 4. The molecule has 0 aromatic heterocycles. The van der Waals surface area contributed by atoms with Gasteiger partial charge in [0.05, 0.1) is 12.2 Å². The zero-order valence-electron chi connectivity index (χ0n) is 12.8. The standard InChI is InChI=1S/C17H25NO2/c1-4-20-16-8-6-5-7-15(16)17(19)18(3)14-11-9-13(2)10-12-14/h5-8,13-14H,4,9-12H2,1-3H3. The molecule has 0 unspecified atom stereocenters. The summed E-state index contributed by atoms with van der Waals surface area (Å²) < 4.78 is 5.57. The van der Waals surface area contributed by atoms with Crippen LogP contribution in [0.15, 0.2) is 24.3 Å². The van der Waals surface area contributed by atoms with Crippen LogP contribution in [0.2, 0.25) is 0 Å². The van der Waals surface area contributed by atoms with Gasteiger partial charge in [-0.05, 0) is 50.7 Å². The van der Waals surface area contributed by atoms with Crippen LogP contribution in [0.3, 0.4) is 0 Å². The lowest BCUT2D eigenvalue weighted by molar-refractivity contribution is 0.0675. The molecule has 1 saturated carbocycles. The number of nitrogens with zero attached hydrogens (tertiary/aromatic N) is 1. The van der Waals surface area contributed by atoms with Gasteiger partial charge in [0.25, 0.3) is 5.91 Å². The Balaban J connectivity index is 2.10. The van der Waals surface area contributed by atoms with E-state index in [9.17, 15) is 4.79 Å². The Morgan fingerprint density at radius 1 is 1.25 bits per heavy atom. The van der Waals surface area contributed by atoms with Crippen molar-refractivity contribution < 1.29 is 9.53 Å². The van der Waals surface area contributed by atoms with Crippen LogP contribution in [0.5, 0.6) is 5.75 Å². The SMILES string of the molecule is CCOc1ccccc1C(=O)N(C)C1CCC(C)CC1. The molecule has 0 heterocycles. The molecule has 0 radical (unpaired) electrons. The third kappa shape index (κ3) is 3.33. The summed E-state index contributed by atoms with van der Waals surface area (Å²) >= 11 is 0. The maximum atomic E-state index is 12.7. The maximum absolute atomic E-state index is 12.7. The number of carbonyl (C=O) groups is 1. The summed E-state index contributed by atoms with van der Waals surface area (Å²) in [5.41, 5.74) is 0.676. The molecule has 1 aromatic carbocycles. The zero-order chi connectivity index (χ0) is 14.5. The molecule has 1 aromatic rings. The predicted octanol–water partition coefficient (Wildman–Crippen LogP) is 3.74. The third-order valence-electron chi connectivity index (χ3n) is 4.27. The molecule has 1 aliphatic carbocycles. The molecule has 0 aliphatic heterocycles. The van der Waals surface area contributed by atoms with Crippen LogP contribution in [0.25, 0.3) is 0 Å². The monoisotopic (exact) mass is 275 g/mol. The van der Waals surface area contributed by atoms with Gasteiger partial charge in [0, 0.05) is 13.1 Å². The van der Waals surface area contributed by atoms with E-state index in [-0.39, 0.29) is 5.91 Å². The highest BCUT2D eigenvalue weighted by Gasteiger charge is 2.26. The van der Waals surface area contributed by atoms with E-state index >= 15 is 0 Å². The quantitative estimate of drug-likeness (QED) is 0.838. The van der Waals surface area contributed by atoms with Crippen molar-refractivity contribution in [1.82, 2.24) is 4.90 Å². The van der Waals surface area contributed by atoms with Gasteiger partial charge in [-0.1, -0.05) is 19.1 Å². The van der Waals surface area contributed by atoms with Gasteiger partial charge in [-0.25, -0.2) is 0 Å². The second kappa shape index (κ2) is 6.78. The van der Waals surface area contributed by atoms with E-state index < -0.39 is 0 Å². The average Bonchev–Trinajstić information content (AvgIpc) is 2.47. The van der Waals surface area contributed by atoms with Crippen molar-refractivity contribution in [2.75, 3.05) is 13.7 Å². The molecule has 110 valence electrons. The minimum absolute atomic E-state index is 0.0774. The smallest absolute Gasteiger partial charge is 0.257 e. The van der Waals surface area contributed by atoms with Crippen molar-refractivity contribution in [3.63, 3.8) is 0 Å². The summed E-state index contributed by atoms with van der Waals surface area (Å²) in [6.45, 7) is 4.81. The summed E-state index contributed by atoms with van der Waals surface area (Å²) in [5, 5.41) is 0. The fourth-order valence-corrected chi connectivity index (χ4v) is 2.91. The number of hydrogen-bond acceptors (Lipinski definition) is 2. The lowest BCUT2D eigenvalue weighted by Gasteiger charge is -2.33. The van der Waals surface area contributed by atoms with Crippen LogP contribution in [0.4, 0.5) is 0 Å². The van der Waals surface area contributed by atoms with Crippen molar-refractivity contribution >= 4 is 5.91 Å². The summed E-state index contributed by atoms with van der Waals surface area (Å²) in [5.74, 6) is 1.56. The van der Waals surface area contributed by atoms with Crippen molar-refractivity contribution in [2.24, 2.45) is 5.92 Å². The van der Waals surface area contributed by atoms with Gasteiger partial charge in [-0.3, -0.25) is 4.79 Å². The number of para-hydroxylation sites is 1. The molecular formula is C17H25NO2. The Morgan fingerprint density at radius 3 is 2.55 bits per heavy atom. The maximum Gasteiger partial charge on any atom is 0.257 e. The van der Waals surface area contributed by atoms with Crippen LogP contribution in [-0.2, 0) is 0 Å². The highest BCUT2D eigenvalue weighted by Crippen LogP contribution is 2.28. The highest BCUT2D eigenvalue weighted by atomic mass is 16.5. The summed E-state index contributed by atoms with van der Waals surface area (Å²) in [4.78, 5) is 14.6. The Labute approximate surface area is 121 Å². The summed E-state index contributed by atoms with van der Waals surface area (Å²) in [7, 11) is 1.92. The number of hydrogen-bond donors (Lipinski definition) is 0. The van der Waals surface area contributed by atoms with E-state index in [0.29, 0.717) is 24.0 Å². The van der Waals surface area contributed by atoms with Gasteiger partial charge in [0.15, 0.2) is 0 Å². The molecule has 1 amide bonds. The Bertz CT molecular complexity index is 450. The van der Waals surface area contributed by atoms with Gasteiger partial charge in [-0.15, -0.1) is 0 Å². The van der Waals surface area contributed by atoms with Crippen molar-refractivity contribution in [3.05, 3.63) is 29.8 Å². The molecule has 2 rings (SSSR count). The molecule has 0 N–H and O–H groups in total. The number of ether oxygens (including phenoxy) is 1. The molecule has 3 nitrogen and oxygen atoms in total. The number of carbonyl (C=O) groups excluding carboxylic acids is 1. The Morgan fingerprint density at radius 2 is 1.90 bits per heavy atom. The lowest BCUT2D eigenvalue weighted by Crippen LogP contribution is -2.39.